The minimum absolute atomic E-state index is 0.360. The predicted octanol–water partition coefficient (Wildman–Crippen LogP) is 4.30. The Bertz CT molecular complexity index is 1130. The molecule has 0 saturated carbocycles. The van der Waals surface area contributed by atoms with Crippen LogP contribution in [0.15, 0.2) is 36.4 Å². The highest BCUT2D eigenvalue weighted by atomic mass is 16.7. The van der Waals surface area contributed by atoms with Crippen LogP contribution in [0.5, 0.6) is 23.0 Å². The largest absolute Gasteiger partial charge is 0.484 e. The summed E-state index contributed by atoms with van der Waals surface area (Å²) in [6.45, 7) is 6.64. The van der Waals surface area contributed by atoms with Gasteiger partial charge in [0.2, 0.25) is 0 Å². The maximum Gasteiger partial charge on any atom is 0.308 e. The van der Waals surface area contributed by atoms with Crippen molar-refractivity contribution >= 4 is 18.0 Å². The maximum atomic E-state index is 11.8. The van der Waals surface area contributed by atoms with E-state index in [1.165, 1.54) is 13.8 Å². The van der Waals surface area contributed by atoms with Gasteiger partial charge in [-0.3, -0.25) is 9.59 Å². The number of rotatable bonds is 2. The first kappa shape index (κ1) is 19.5. The smallest absolute Gasteiger partial charge is 0.308 e. The fourth-order valence-electron chi connectivity index (χ4n) is 4.29. The first-order valence-electron chi connectivity index (χ1n) is 10.1. The molecule has 31 heavy (non-hydrogen) atoms. The van der Waals surface area contributed by atoms with Gasteiger partial charge in [-0.15, -0.1) is 0 Å². The number of benzene rings is 2. The quantitative estimate of drug-likeness (QED) is 0.527. The lowest BCUT2D eigenvalue weighted by Gasteiger charge is -2.36. The molecule has 2 aromatic carbocycles. The molecule has 0 amide bonds. The zero-order chi connectivity index (χ0) is 21.9. The van der Waals surface area contributed by atoms with Gasteiger partial charge < -0.3 is 23.7 Å². The normalized spacial score (nSPS) is 23.7. The molecule has 2 aromatic rings. The maximum absolute atomic E-state index is 11.8. The van der Waals surface area contributed by atoms with Gasteiger partial charge >= 0.3 is 11.9 Å². The van der Waals surface area contributed by atoms with E-state index in [0.717, 1.165) is 16.7 Å². The van der Waals surface area contributed by atoms with Gasteiger partial charge in [0.05, 0.1) is 5.56 Å². The van der Waals surface area contributed by atoms with E-state index in [2.05, 4.69) is 0 Å². The van der Waals surface area contributed by atoms with E-state index < -0.39 is 29.9 Å². The van der Waals surface area contributed by atoms with Gasteiger partial charge in [0, 0.05) is 31.0 Å². The standard InChI is InChI=1S/C24H22O7/c1-12(25)27-14-5-6-15-19(11-14)29-22-17-7-8-18-16(9-10-24(3,4)31-18)21(17)30-23(20(15)22)28-13(2)26/h5-11,20,22-23H,1-4H3/t20-,22-,23-/m1/s1. The molecule has 3 aliphatic rings. The molecule has 7 nitrogen and oxygen atoms in total. The van der Waals surface area contributed by atoms with Gasteiger partial charge in [0.25, 0.3) is 6.29 Å². The van der Waals surface area contributed by atoms with Crippen LogP contribution in [-0.4, -0.2) is 23.8 Å². The number of ether oxygens (including phenoxy) is 5. The van der Waals surface area contributed by atoms with E-state index in [-0.39, 0.29) is 5.92 Å². The Morgan fingerprint density at radius 2 is 1.74 bits per heavy atom. The number of carbonyl (C=O) groups excluding carboxylic acids is 2. The number of carbonyl (C=O) groups is 2. The van der Waals surface area contributed by atoms with Crippen LogP contribution in [0, 0.1) is 0 Å². The molecular formula is C24H22O7. The molecule has 0 radical (unpaired) electrons. The highest BCUT2D eigenvalue weighted by Crippen LogP contribution is 2.56. The lowest BCUT2D eigenvalue weighted by molar-refractivity contribution is -0.169. The summed E-state index contributed by atoms with van der Waals surface area (Å²) in [4.78, 5) is 23.2. The summed E-state index contributed by atoms with van der Waals surface area (Å²) in [6, 6.07) is 9.00. The van der Waals surface area contributed by atoms with Crippen molar-refractivity contribution < 1.29 is 33.3 Å². The number of hydrogen-bond donors (Lipinski definition) is 0. The van der Waals surface area contributed by atoms with Crippen molar-refractivity contribution in [1.29, 1.82) is 0 Å². The summed E-state index contributed by atoms with van der Waals surface area (Å²) in [5.41, 5.74) is 2.02. The summed E-state index contributed by atoms with van der Waals surface area (Å²) in [5, 5.41) is 0. The van der Waals surface area contributed by atoms with Crippen LogP contribution in [0.3, 0.4) is 0 Å². The molecule has 7 heteroatoms. The monoisotopic (exact) mass is 422 g/mol. The van der Waals surface area contributed by atoms with Crippen LogP contribution in [-0.2, 0) is 14.3 Å². The van der Waals surface area contributed by atoms with Crippen molar-refractivity contribution in [3.8, 4) is 23.0 Å². The molecule has 0 spiro atoms. The zero-order valence-electron chi connectivity index (χ0n) is 17.6. The average molecular weight is 422 g/mol. The third-order valence-electron chi connectivity index (χ3n) is 5.51. The molecule has 0 bridgehead atoms. The van der Waals surface area contributed by atoms with E-state index in [9.17, 15) is 9.59 Å². The van der Waals surface area contributed by atoms with E-state index in [1.807, 2.05) is 44.2 Å². The summed E-state index contributed by atoms with van der Waals surface area (Å²) in [7, 11) is 0. The van der Waals surface area contributed by atoms with Crippen molar-refractivity contribution in [1.82, 2.24) is 0 Å². The summed E-state index contributed by atoms with van der Waals surface area (Å²) in [6.07, 6.45) is 2.63. The van der Waals surface area contributed by atoms with E-state index in [0.29, 0.717) is 23.0 Å². The van der Waals surface area contributed by atoms with Gasteiger partial charge in [0.1, 0.15) is 40.6 Å². The molecule has 0 N–H and O–H groups in total. The summed E-state index contributed by atoms with van der Waals surface area (Å²) >= 11 is 0. The number of esters is 2. The molecule has 3 atom stereocenters. The molecule has 0 fully saturated rings. The number of hydrogen-bond acceptors (Lipinski definition) is 7. The molecule has 5 rings (SSSR count). The molecule has 0 aliphatic carbocycles. The van der Waals surface area contributed by atoms with Crippen molar-refractivity contribution in [2.24, 2.45) is 0 Å². The van der Waals surface area contributed by atoms with Gasteiger partial charge in [-0.1, -0.05) is 6.07 Å². The van der Waals surface area contributed by atoms with Crippen LogP contribution < -0.4 is 18.9 Å². The summed E-state index contributed by atoms with van der Waals surface area (Å²) < 4.78 is 29.3. The molecular weight excluding hydrogens is 400 g/mol. The Hall–Kier alpha value is -3.48. The second-order valence-electron chi connectivity index (χ2n) is 8.39. The molecule has 160 valence electrons. The fourth-order valence-corrected chi connectivity index (χ4v) is 4.29. The van der Waals surface area contributed by atoms with Gasteiger partial charge in [-0.2, -0.15) is 0 Å². The first-order valence-corrected chi connectivity index (χ1v) is 10.1. The van der Waals surface area contributed by atoms with Crippen molar-refractivity contribution in [3.05, 3.63) is 53.1 Å². The van der Waals surface area contributed by atoms with Crippen LogP contribution in [0.4, 0.5) is 0 Å². The van der Waals surface area contributed by atoms with Crippen molar-refractivity contribution in [3.63, 3.8) is 0 Å². The predicted molar refractivity (Wildman–Crippen MR) is 110 cm³/mol. The molecule has 3 heterocycles. The highest BCUT2D eigenvalue weighted by Gasteiger charge is 2.49. The Kier molecular flexibility index (Phi) is 4.25. The van der Waals surface area contributed by atoms with Gasteiger partial charge in [-0.05, 0) is 44.2 Å². The SMILES string of the molecule is CC(=O)Oc1ccc2c(c1)O[C@@H]1c3ccc4c(c3O[C@@H](OC(C)=O)[C@H]21)C=CC(C)(C)O4. The average Bonchev–Trinajstić information content (AvgIpc) is 3.05. The van der Waals surface area contributed by atoms with Gasteiger partial charge in [0.15, 0.2) is 0 Å². The molecule has 0 unspecified atom stereocenters. The second kappa shape index (κ2) is 6.77. The third kappa shape index (κ3) is 3.30. The fraction of sp³-hybridized carbons (Fsp3) is 0.333. The molecule has 0 saturated heterocycles. The lowest BCUT2D eigenvalue weighted by Crippen LogP contribution is -2.37. The summed E-state index contributed by atoms with van der Waals surface area (Å²) in [5.74, 6) is 0.995. The highest BCUT2D eigenvalue weighted by molar-refractivity contribution is 5.72. The van der Waals surface area contributed by atoms with Crippen LogP contribution in [0.1, 0.15) is 56.4 Å². The van der Waals surface area contributed by atoms with Crippen LogP contribution in [0.25, 0.3) is 6.08 Å². The lowest BCUT2D eigenvalue weighted by atomic mass is 9.86. The minimum Gasteiger partial charge on any atom is -0.484 e. The van der Waals surface area contributed by atoms with Crippen LogP contribution in [0.2, 0.25) is 0 Å². The second-order valence-corrected chi connectivity index (χ2v) is 8.39. The Balaban J connectivity index is 1.60. The van der Waals surface area contributed by atoms with E-state index >= 15 is 0 Å². The van der Waals surface area contributed by atoms with Crippen molar-refractivity contribution in [2.45, 2.75) is 51.6 Å². The topological polar surface area (TPSA) is 80.3 Å². The first-order chi connectivity index (χ1) is 14.7. The van der Waals surface area contributed by atoms with Crippen LogP contribution >= 0.6 is 0 Å². The van der Waals surface area contributed by atoms with E-state index in [4.69, 9.17) is 23.7 Å². The Labute approximate surface area is 179 Å². The van der Waals surface area contributed by atoms with E-state index in [1.54, 1.807) is 12.1 Å². The minimum atomic E-state index is -0.870. The molecule has 0 aromatic heterocycles. The Morgan fingerprint density at radius 3 is 2.48 bits per heavy atom. The zero-order valence-corrected chi connectivity index (χ0v) is 17.6. The Morgan fingerprint density at radius 1 is 0.968 bits per heavy atom. The van der Waals surface area contributed by atoms with Crippen molar-refractivity contribution in [2.75, 3.05) is 0 Å². The van der Waals surface area contributed by atoms with Gasteiger partial charge in [-0.25, -0.2) is 0 Å². The third-order valence-corrected chi connectivity index (χ3v) is 5.51. The molecule has 3 aliphatic heterocycles. The number of fused-ring (bicyclic) bond motifs is 7.